The number of aromatic nitrogens is 3. The molecule has 0 bridgehead atoms. The molecule has 0 aliphatic heterocycles. The van der Waals surface area contributed by atoms with Gasteiger partial charge in [-0.05, 0) is 140 Å². The number of aromatic hydroxyl groups is 1. The summed E-state index contributed by atoms with van der Waals surface area (Å²) < 4.78 is 28.7. The zero-order chi connectivity index (χ0) is 46.5. The van der Waals surface area contributed by atoms with E-state index in [1.54, 1.807) is 6.07 Å². The molecule has 0 fully saturated rings. The van der Waals surface area contributed by atoms with Crippen molar-refractivity contribution in [3.8, 4) is 78.6 Å². The number of imidazole rings is 1. The minimum absolute atomic E-state index is 0.0213. The Hall–Kier alpha value is -7.04. The standard InChI is InChI=1S/C59H55N3O/c1-37(2)45-34-51(38(3)4)57(63)52(35-45)58-61-56-50(20-15-21-55(56)62(58)54-27-24-43(30-39(54)5)40-16-11-9-12-17-40)47-31-46(41-18-13-10-14-19-41)32-48(33-47)53-36-44(28-29-60-53)42-22-25-49(26-23-42)59(6,7)8/h9-38,63H,1-8H3/i5D3. The van der Waals surface area contributed by atoms with Crippen LogP contribution in [0.5, 0.6) is 5.75 Å². The van der Waals surface area contributed by atoms with Gasteiger partial charge in [0.25, 0.3) is 0 Å². The van der Waals surface area contributed by atoms with Crippen LogP contribution in [0.3, 0.4) is 0 Å². The van der Waals surface area contributed by atoms with Gasteiger partial charge in [-0.15, -0.1) is 0 Å². The highest BCUT2D eigenvalue weighted by molar-refractivity contribution is 5.98. The van der Waals surface area contributed by atoms with Crippen LogP contribution < -0.4 is 0 Å². The van der Waals surface area contributed by atoms with Crippen LogP contribution in [0, 0.1) is 6.85 Å². The van der Waals surface area contributed by atoms with Gasteiger partial charge in [0.1, 0.15) is 11.6 Å². The molecule has 7 aromatic carbocycles. The van der Waals surface area contributed by atoms with Crippen molar-refractivity contribution in [2.24, 2.45) is 0 Å². The normalized spacial score (nSPS) is 12.7. The summed E-state index contributed by atoms with van der Waals surface area (Å²) >= 11 is 0. The molecule has 9 rings (SSSR count). The van der Waals surface area contributed by atoms with Crippen LogP contribution in [-0.2, 0) is 5.41 Å². The van der Waals surface area contributed by atoms with Crippen LogP contribution in [0.2, 0.25) is 0 Å². The van der Waals surface area contributed by atoms with E-state index in [0.717, 1.165) is 66.9 Å². The predicted octanol–water partition coefficient (Wildman–Crippen LogP) is 16.0. The molecule has 0 aliphatic rings. The van der Waals surface area contributed by atoms with Crippen molar-refractivity contribution in [1.82, 2.24) is 14.5 Å². The molecule has 0 saturated heterocycles. The van der Waals surface area contributed by atoms with E-state index in [1.807, 2.05) is 89.6 Å². The molecule has 0 aliphatic carbocycles. The average Bonchev–Trinajstić information content (AvgIpc) is 3.70. The van der Waals surface area contributed by atoms with Crippen molar-refractivity contribution in [2.45, 2.75) is 72.6 Å². The number of para-hydroxylation sites is 1. The largest absolute Gasteiger partial charge is 0.507 e. The highest BCUT2D eigenvalue weighted by Gasteiger charge is 2.25. The molecule has 4 nitrogen and oxygen atoms in total. The Morgan fingerprint density at radius 1 is 0.556 bits per heavy atom. The molecule has 312 valence electrons. The van der Waals surface area contributed by atoms with E-state index in [2.05, 4.69) is 127 Å². The smallest absolute Gasteiger partial charge is 0.149 e. The Labute approximate surface area is 376 Å². The number of phenolic OH excluding ortho intramolecular Hbond substituents is 1. The molecule has 63 heavy (non-hydrogen) atoms. The predicted molar refractivity (Wildman–Crippen MR) is 265 cm³/mol. The fourth-order valence-electron chi connectivity index (χ4n) is 8.58. The minimum Gasteiger partial charge on any atom is -0.507 e. The average molecular weight is 825 g/mol. The second-order valence-electron chi connectivity index (χ2n) is 18.3. The van der Waals surface area contributed by atoms with Gasteiger partial charge >= 0.3 is 0 Å². The van der Waals surface area contributed by atoms with Gasteiger partial charge in [0.05, 0.1) is 28.0 Å². The lowest BCUT2D eigenvalue weighted by Crippen LogP contribution is -2.10. The molecule has 0 amide bonds. The summed E-state index contributed by atoms with van der Waals surface area (Å²) in [7, 11) is 0. The summed E-state index contributed by atoms with van der Waals surface area (Å²) in [4.78, 5) is 10.4. The third-order valence-electron chi connectivity index (χ3n) is 12.2. The van der Waals surface area contributed by atoms with Crippen LogP contribution in [0.1, 0.15) is 86.7 Å². The van der Waals surface area contributed by atoms with Crippen LogP contribution in [0.4, 0.5) is 0 Å². The topological polar surface area (TPSA) is 50.9 Å². The van der Waals surface area contributed by atoms with Crippen LogP contribution in [-0.4, -0.2) is 19.6 Å². The minimum atomic E-state index is -2.48. The van der Waals surface area contributed by atoms with E-state index in [-0.39, 0.29) is 28.6 Å². The molecule has 9 aromatic rings. The monoisotopic (exact) mass is 824 g/mol. The van der Waals surface area contributed by atoms with Gasteiger partial charge in [-0.2, -0.15) is 0 Å². The molecule has 4 heteroatoms. The molecule has 2 aromatic heterocycles. The fourth-order valence-corrected chi connectivity index (χ4v) is 8.58. The third kappa shape index (κ3) is 8.10. The highest BCUT2D eigenvalue weighted by atomic mass is 16.3. The summed E-state index contributed by atoms with van der Waals surface area (Å²) in [5, 5.41) is 12.2. The lowest BCUT2D eigenvalue weighted by Gasteiger charge is -2.19. The van der Waals surface area contributed by atoms with Gasteiger partial charge in [0, 0.05) is 21.4 Å². The maximum absolute atomic E-state index is 12.2. The van der Waals surface area contributed by atoms with Gasteiger partial charge in [0.15, 0.2) is 0 Å². The number of pyridine rings is 1. The fraction of sp³-hybridized carbons (Fsp3) is 0.186. The maximum Gasteiger partial charge on any atom is 0.149 e. The van der Waals surface area contributed by atoms with E-state index in [9.17, 15) is 5.11 Å². The Balaban J connectivity index is 1.31. The number of rotatable bonds is 9. The Morgan fingerprint density at radius 2 is 1.19 bits per heavy atom. The van der Waals surface area contributed by atoms with Crippen molar-refractivity contribution < 1.29 is 9.22 Å². The first-order chi connectivity index (χ1) is 31.5. The first-order valence-corrected chi connectivity index (χ1v) is 21.9. The lowest BCUT2D eigenvalue weighted by atomic mass is 9.86. The van der Waals surface area contributed by atoms with E-state index in [0.29, 0.717) is 28.1 Å². The summed E-state index contributed by atoms with van der Waals surface area (Å²) in [6.45, 7) is 12.6. The van der Waals surface area contributed by atoms with Gasteiger partial charge in [0.2, 0.25) is 0 Å². The Kier molecular flexibility index (Phi) is 9.98. The van der Waals surface area contributed by atoms with E-state index in [1.165, 1.54) is 5.56 Å². The number of benzene rings is 7. The zero-order valence-corrected chi connectivity index (χ0v) is 37.1. The number of hydrogen-bond donors (Lipinski definition) is 1. The molecule has 0 radical (unpaired) electrons. The van der Waals surface area contributed by atoms with E-state index >= 15 is 0 Å². The van der Waals surface area contributed by atoms with Crippen molar-refractivity contribution in [2.75, 3.05) is 0 Å². The Bertz CT molecular complexity index is 3210. The summed E-state index contributed by atoms with van der Waals surface area (Å²) in [5.41, 5.74) is 15.4. The SMILES string of the molecule is [2H]C([2H])([2H])c1cc(-c2ccccc2)ccc1-n1c(-c2cc(C(C)C)cc(C(C)C)c2O)nc2c(-c3cc(-c4ccccc4)cc(-c4cc(-c5ccc(C(C)(C)C)cc5)ccn4)c3)cccc21. The number of fused-ring (bicyclic) bond motifs is 1. The molecule has 0 saturated carbocycles. The first-order valence-electron chi connectivity index (χ1n) is 23.4. The van der Waals surface area contributed by atoms with Crippen LogP contribution in [0.25, 0.3) is 83.9 Å². The van der Waals surface area contributed by atoms with Crippen LogP contribution >= 0.6 is 0 Å². The van der Waals surface area contributed by atoms with Gasteiger partial charge in [-0.25, -0.2) is 4.98 Å². The molecule has 0 spiro atoms. The second-order valence-corrected chi connectivity index (χ2v) is 18.3. The summed E-state index contributed by atoms with van der Waals surface area (Å²) in [5.74, 6) is 0.778. The maximum atomic E-state index is 12.2. The highest BCUT2D eigenvalue weighted by Crippen LogP contribution is 2.44. The third-order valence-corrected chi connectivity index (χ3v) is 12.2. The van der Waals surface area contributed by atoms with Gasteiger partial charge in [-0.1, -0.05) is 158 Å². The number of hydrogen-bond acceptors (Lipinski definition) is 3. The summed E-state index contributed by atoms with van der Waals surface area (Å²) in [6, 6.07) is 55.5. The van der Waals surface area contributed by atoms with E-state index < -0.39 is 6.85 Å². The van der Waals surface area contributed by atoms with E-state index in [4.69, 9.17) is 14.1 Å². The van der Waals surface area contributed by atoms with Crippen molar-refractivity contribution >= 4 is 11.0 Å². The molecule has 2 heterocycles. The van der Waals surface area contributed by atoms with Crippen LogP contribution in [0.15, 0.2) is 170 Å². The zero-order valence-electron chi connectivity index (χ0n) is 40.1. The lowest BCUT2D eigenvalue weighted by molar-refractivity contribution is 0.466. The summed E-state index contributed by atoms with van der Waals surface area (Å²) in [6.07, 6.45) is 1.88. The van der Waals surface area contributed by atoms with Gasteiger partial charge in [-0.3, -0.25) is 9.55 Å². The molecular formula is C59H55N3O. The van der Waals surface area contributed by atoms with Crippen molar-refractivity contribution in [1.29, 1.82) is 0 Å². The first kappa shape index (κ1) is 37.7. The number of nitrogens with zero attached hydrogens (tertiary/aromatic N) is 3. The second kappa shape index (κ2) is 16.7. The van der Waals surface area contributed by atoms with Crippen molar-refractivity contribution in [3.63, 3.8) is 0 Å². The Morgan fingerprint density at radius 3 is 1.86 bits per heavy atom. The molecular weight excluding hydrogens is 767 g/mol. The number of phenols is 1. The van der Waals surface area contributed by atoms with Crippen molar-refractivity contribution in [3.05, 3.63) is 192 Å². The number of aryl methyl sites for hydroxylation is 1. The molecule has 0 atom stereocenters. The molecule has 0 unspecified atom stereocenters. The molecule has 1 N–H and O–H groups in total. The van der Waals surface area contributed by atoms with Gasteiger partial charge < -0.3 is 5.11 Å². The quantitative estimate of drug-likeness (QED) is 0.158.